The largest absolute Gasteiger partial charge is 0.490 e. The molecule has 1 heterocycles. The number of halogens is 1. The third kappa shape index (κ3) is 2.21. The molecule has 0 aromatic carbocycles. The van der Waals surface area contributed by atoms with Gasteiger partial charge in [-0.25, -0.2) is 9.97 Å². The van der Waals surface area contributed by atoms with Gasteiger partial charge in [-0.15, -0.1) is 0 Å². The van der Waals surface area contributed by atoms with Crippen LogP contribution >= 0.6 is 11.6 Å². The van der Waals surface area contributed by atoms with Crippen molar-refractivity contribution < 1.29 is 4.74 Å². The number of hydrogen-bond donors (Lipinski definition) is 1. The zero-order valence-electron chi connectivity index (χ0n) is 9.59. The molecule has 1 N–H and O–H groups in total. The highest BCUT2D eigenvalue weighted by Gasteiger charge is 2.30. The fraction of sp³-hybridized carbons (Fsp3) is 0.636. The summed E-state index contributed by atoms with van der Waals surface area (Å²) in [6.07, 6.45) is 6.26. The fourth-order valence-electron chi connectivity index (χ4n) is 2.19. The molecule has 0 amide bonds. The first-order valence-electron chi connectivity index (χ1n) is 5.47. The maximum atomic E-state index is 5.94. The van der Waals surface area contributed by atoms with Gasteiger partial charge in [0, 0.05) is 5.54 Å². The molecular weight excluding hydrogens is 226 g/mol. The number of nitrogens with one attached hydrogen (secondary N) is 1. The number of nitrogens with zero attached hydrogens (tertiary/aromatic N) is 2. The van der Waals surface area contributed by atoms with Crippen molar-refractivity contribution in [2.45, 2.75) is 38.1 Å². The van der Waals surface area contributed by atoms with Crippen LogP contribution in [0.25, 0.3) is 0 Å². The summed E-state index contributed by atoms with van der Waals surface area (Å²) < 4.78 is 5.21. The van der Waals surface area contributed by atoms with Crippen molar-refractivity contribution in [3.8, 4) is 5.75 Å². The average Bonchev–Trinajstić information content (AvgIpc) is 2.65. The Morgan fingerprint density at radius 1 is 1.38 bits per heavy atom. The van der Waals surface area contributed by atoms with Crippen molar-refractivity contribution in [3.05, 3.63) is 11.5 Å². The van der Waals surface area contributed by atoms with Gasteiger partial charge in [0.05, 0.1) is 7.11 Å². The highest BCUT2D eigenvalue weighted by molar-refractivity contribution is 6.31. The molecular formula is C11H16ClN3O. The molecule has 88 valence electrons. The van der Waals surface area contributed by atoms with Crippen LogP contribution in [0.4, 0.5) is 5.82 Å². The monoisotopic (exact) mass is 241 g/mol. The summed E-state index contributed by atoms with van der Waals surface area (Å²) in [6.45, 7) is 2.20. The van der Waals surface area contributed by atoms with Gasteiger partial charge < -0.3 is 10.1 Å². The molecule has 0 bridgehead atoms. The molecule has 1 aromatic rings. The van der Waals surface area contributed by atoms with Crippen molar-refractivity contribution in [3.63, 3.8) is 0 Å². The van der Waals surface area contributed by atoms with Crippen LogP contribution in [-0.4, -0.2) is 22.6 Å². The van der Waals surface area contributed by atoms with Crippen molar-refractivity contribution in [2.75, 3.05) is 12.4 Å². The zero-order chi connectivity index (χ0) is 11.6. The summed E-state index contributed by atoms with van der Waals surface area (Å²) in [5.74, 6) is 1.21. The molecule has 0 unspecified atom stereocenters. The van der Waals surface area contributed by atoms with E-state index in [2.05, 4.69) is 22.2 Å². The molecule has 1 aliphatic carbocycles. The van der Waals surface area contributed by atoms with Crippen LogP contribution in [0.1, 0.15) is 32.6 Å². The van der Waals surface area contributed by atoms with E-state index in [-0.39, 0.29) is 5.54 Å². The summed E-state index contributed by atoms with van der Waals surface area (Å²) >= 11 is 5.94. The minimum Gasteiger partial charge on any atom is -0.490 e. The fourth-order valence-corrected chi connectivity index (χ4v) is 2.40. The summed E-state index contributed by atoms with van der Waals surface area (Å²) in [6, 6.07) is 0. The smallest absolute Gasteiger partial charge is 0.198 e. The number of anilines is 1. The lowest BCUT2D eigenvalue weighted by atomic mass is 10.0. The lowest BCUT2D eigenvalue weighted by Crippen LogP contribution is -2.31. The SMILES string of the molecule is COc1c(Cl)ncnc1NC1(C)CCCC1. The lowest BCUT2D eigenvalue weighted by molar-refractivity contribution is 0.409. The number of ether oxygens (including phenoxy) is 1. The molecule has 0 spiro atoms. The number of hydrogen-bond acceptors (Lipinski definition) is 4. The number of aromatic nitrogens is 2. The van der Waals surface area contributed by atoms with Gasteiger partial charge in [-0.1, -0.05) is 24.4 Å². The van der Waals surface area contributed by atoms with Gasteiger partial charge in [0.25, 0.3) is 0 Å². The Kier molecular flexibility index (Phi) is 3.19. The Balaban J connectivity index is 2.23. The Morgan fingerprint density at radius 3 is 2.69 bits per heavy atom. The average molecular weight is 242 g/mol. The maximum absolute atomic E-state index is 5.94. The van der Waals surface area contributed by atoms with E-state index in [0.717, 1.165) is 12.8 Å². The first kappa shape index (κ1) is 11.5. The van der Waals surface area contributed by atoms with Crippen LogP contribution in [-0.2, 0) is 0 Å². The Morgan fingerprint density at radius 2 is 2.06 bits per heavy atom. The minimum atomic E-state index is 0.102. The molecule has 2 rings (SSSR count). The van der Waals surface area contributed by atoms with E-state index in [9.17, 15) is 0 Å². The first-order chi connectivity index (χ1) is 7.64. The van der Waals surface area contributed by atoms with Gasteiger partial charge in [0.15, 0.2) is 16.7 Å². The molecule has 16 heavy (non-hydrogen) atoms. The summed E-state index contributed by atoms with van der Waals surface area (Å²) in [7, 11) is 1.58. The lowest BCUT2D eigenvalue weighted by Gasteiger charge is -2.26. The highest BCUT2D eigenvalue weighted by Crippen LogP contribution is 2.36. The van der Waals surface area contributed by atoms with Gasteiger partial charge in [-0.3, -0.25) is 0 Å². The van der Waals surface area contributed by atoms with Crippen LogP contribution in [0.15, 0.2) is 6.33 Å². The maximum Gasteiger partial charge on any atom is 0.198 e. The molecule has 4 nitrogen and oxygen atoms in total. The molecule has 0 atom stereocenters. The quantitative estimate of drug-likeness (QED) is 0.827. The normalized spacial score (nSPS) is 18.4. The van der Waals surface area contributed by atoms with Gasteiger partial charge in [-0.2, -0.15) is 0 Å². The molecule has 0 saturated heterocycles. The molecule has 1 aliphatic rings. The molecule has 1 aromatic heterocycles. The van der Waals surface area contributed by atoms with E-state index in [1.54, 1.807) is 7.11 Å². The second kappa shape index (κ2) is 4.45. The predicted molar refractivity (Wildman–Crippen MR) is 64.1 cm³/mol. The summed E-state index contributed by atoms with van der Waals surface area (Å²) in [4.78, 5) is 8.08. The van der Waals surface area contributed by atoms with Gasteiger partial charge in [0.1, 0.15) is 6.33 Å². The second-order valence-corrected chi connectivity index (χ2v) is 4.80. The van der Waals surface area contributed by atoms with E-state index >= 15 is 0 Å². The predicted octanol–water partition coefficient (Wildman–Crippen LogP) is 2.88. The Bertz CT molecular complexity index is 377. The highest BCUT2D eigenvalue weighted by atomic mass is 35.5. The molecule has 0 radical (unpaired) electrons. The molecule has 0 aliphatic heterocycles. The third-order valence-electron chi connectivity index (χ3n) is 3.09. The third-order valence-corrected chi connectivity index (χ3v) is 3.36. The van der Waals surface area contributed by atoms with Gasteiger partial charge in [-0.05, 0) is 19.8 Å². The van der Waals surface area contributed by atoms with Crippen molar-refractivity contribution in [1.29, 1.82) is 0 Å². The minimum absolute atomic E-state index is 0.102. The number of rotatable bonds is 3. The van der Waals surface area contributed by atoms with E-state index in [1.165, 1.54) is 19.2 Å². The van der Waals surface area contributed by atoms with Crippen LogP contribution in [0, 0.1) is 0 Å². The van der Waals surface area contributed by atoms with Crippen molar-refractivity contribution in [1.82, 2.24) is 9.97 Å². The molecule has 1 saturated carbocycles. The topological polar surface area (TPSA) is 47.0 Å². The molecule has 5 heteroatoms. The second-order valence-electron chi connectivity index (χ2n) is 4.44. The van der Waals surface area contributed by atoms with Crippen LogP contribution in [0.5, 0.6) is 5.75 Å². The Hall–Kier alpha value is -1.03. The Labute approximate surface area is 100 Å². The van der Waals surface area contributed by atoms with Gasteiger partial charge in [0.2, 0.25) is 0 Å². The summed E-state index contributed by atoms with van der Waals surface area (Å²) in [5, 5.41) is 3.77. The number of methoxy groups -OCH3 is 1. The van der Waals surface area contributed by atoms with E-state index in [0.29, 0.717) is 16.7 Å². The summed E-state index contributed by atoms with van der Waals surface area (Å²) in [5.41, 5.74) is 0.102. The zero-order valence-corrected chi connectivity index (χ0v) is 10.3. The van der Waals surface area contributed by atoms with Crippen LogP contribution in [0.3, 0.4) is 0 Å². The van der Waals surface area contributed by atoms with E-state index in [4.69, 9.17) is 16.3 Å². The van der Waals surface area contributed by atoms with Crippen LogP contribution in [0.2, 0.25) is 5.15 Å². The van der Waals surface area contributed by atoms with E-state index in [1.807, 2.05) is 0 Å². The van der Waals surface area contributed by atoms with Crippen molar-refractivity contribution in [2.24, 2.45) is 0 Å². The standard InChI is InChI=1S/C11H16ClN3O/c1-11(5-3-4-6-11)15-10-8(16-2)9(12)13-7-14-10/h7H,3-6H2,1-2H3,(H,13,14,15). The van der Waals surface area contributed by atoms with Gasteiger partial charge >= 0.3 is 0 Å². The first-order valence-corrected chi connectivity index (χ1v) is 5.85. The van der Waals surface area contributed by atoms with E-state index < -0.39 is 0 Å². The van der Waals surface area contributed by atoms with Crippen LogP contribution < -0.4 is 10.1 Å². The molecule has 1 fully saturated rings. The van der Waals surface area contributed by atoms with Crippen molar-refractivity contribution >= 4 is 17.4 Å².